The van der Waals surface area contributed by atoms with E-state index < -0.39 is 0 Å². The molecular formula is C14H17N3O2. The van der Waals surface area contributed by atoms with Crippen molar-refractivity contribution in [1.82, 2.24) is 9.97 Å². The predicted octanol–water partition coefficient (Wildman–Crippen LogP) is 2.11. The molecule has 3 N–H and O–H groups in total. The molecular weight excluding hydrogens is 242 g/mol. The first kappa shape index (κ1) is 13.1. The second-order valence-electron chi connectivity index (χ2n) is 4.66. The van der Waals surface area contributed by atoms with Gasteiger partial charge in [0.2, 0.25) is 5.95 Å². The summed E-state index contributed by atoms with van der Waals surface area (Å²) < 4.78 is 5.67. The molecule has 100 valence electrons. The molecule has 1 aromatic heterocycles. The third-order valence-electron chi connectivity index (χ3n) is 2.59. The van der Waals surface area contributed by atoms with Crippen molar-refractivity contribution in [1.29, 1.82) is 0 Å². The molecule has 2 rings (SSSR count). The van der Waals surface area contributed by atoms with Crippen LogP contribution in [0.25, 0.3) is 11.3 Å². The first-order chi connectivity index (χ1) is 8.95. The van der Waals surface area contributed by atoms with Gasteiger partial charge >= 0.3 is 0 Å². The Balaban J connectivity index is 2.41. The van der Waals surface area contributed by atoms with Crippen LogP contribution in [-0.2, 0) is 0 Å². The third-order valence-corrected chi connectivity index (χ3v) is 2.59. The number of nitrogens with zero attached hydrogens (tertiary/aromatic N) is 1. The number of H-pyrrole nitrogens is 1. The summed E-state index contributed by atoms with van der Waals surface area (Å²) in [5.41, 5.74) is 7.67. The fraction of sp³-hybridized carbons (Fsp3) is 0.286. The van der Waals surface area contributed by atoms with Crippen molar-refractivity contribution in [3.05, 3.63) is 40.2 Å². The molecule has 0 aliphatic rings. The average molecular weight is 259 g/mol. The third kappa shape index (κ3) is 3.13. The SMILES string of the molecule is Cc1cc(-c2cc(=O)[nH]c(N)n2)ccc1OC(C)C. The summed E-state index contributed by atoms with van der Waals surface area (Å²) >= 11 is 0. The molecule has 0 atom stereocenters. The minimum Gasteiger partial charge on any atom is -0.491 e. The molecule has 0 unspecified atom stereocenters. The maximum Gasteiger partial charge on any atom is 0.252 e. The van der Waals surface area contributed by atoms with E-state index in [2.05, 4.69) is 9.97 Å². The highest BCUT2D eigenvalue weighted by Gasteiger charge is 2.07. The average Bonchev–Trinajstić information content (AvgIpc) is 2.30. The number of nitrogens with one attached hydrogen (secondary N) is 1. The number of anilines is 1. The van der Waals surface area contributed by atoms with Crippen LogP contribution in [-0.4, -0.2) is 16.1 Å². The largest absolute Gasteiger partial charge is 0.491 e. The molecule has 0 saturated heterocycles. The van der Waals surface area contributed by atoms with Crippen molar-refractivity contribution in [2.75, 3.05) is 5.73 Å². The molecule has 0 spiro atoms. The van der Waals surface area contributed by atoms with Crippen LogP contribution >= 0.6 is 0 Å². The van der Waals surface area contributed by atoms with Crippen LogP contribution in [0, 0.1) is 6.92 Å². The number of aromatic nitrogens is 2. The Labute approximate surface area is 111 Å². The van der Waals surface area contributed by atoms with Gasteiger partial charge < -0.3 is 10.5 Å². The van der Waals surface area contributed by atoms with E-state index in [0.717, 1.165) is 16.9 Å². The van der Waals surface area contributed by atoms with Crippen molar-refractivity contribution in [3.63, 3.8) is 0 Å². The second-order valence-corrected chi connectivity index (χ2v) is 4.66. The first-order valence-electron chi connectivity index (χ1n) is 6.10. The highest BCUT2D eigenvalue weighted by Crippen LogP contribution is 2.25. The van der Waals surface area contributed by atoms with Gasteiger partial charge in [0.15, 0.2) is 0 Å². The standard InChI is InChI=1S/C14H17N3O2/c1-8(2)19-12-5-4-10(6-9(12)3)11-7-13(18)17-14(15)16-11/h4-8H,1-3H3,(H3,15,16,17,18). The van der Waals surface area contributed by atoms with Gasteiger partial charge in [0.05, 0.1) is 11.8 Å². The number of hydrogen-bond acceptors (Lipinski definition) is 4. The van der Waals surface area contributed by atoms with Gasteiger partial charge in [-0.05, 0) is 44.5 Å². The van der Waals surface area contributed by atoms with Gasteiger partial charge in [-0.15, -0.1) is 0 Å². The molecule has 5 heteroatoms. The zero-order valence-electron chi connectivity index (χ0n) is 11.2. The van der Waals surface area contributed by atoms with E-state index in [9.17, 15) is 4.79 Å². The summed E-state index contributed by atoms with van der Waals surface area (Å²) in [6.45, 7) is 5.91. The van der Waals surface area contributed by atoms with E-state index in [1.807, 2.05) is 39.0 Å². The summed E-state index contributed by atoms with van der Waals surface area (Å²) in [5, 5.41) is 0. The normalized spacial score (nSPS) is 10.7. The van der Waals surface area contributed by atoms with Crippen LogP contribution in [0.15, 0.2) is 29.1 Å². The minimum absolute atomic E-state index is 0.114. The number of nitrogen functional groups attached to an aromatic ring is 1. The molecule has 5 nitrogen and oxygen atoms in total. The van der Waals surface area contributed by atoms with Crippen molar-refractivity contribution in [2.45, 2.75) is 26.9 Å². The van der Waals surface area contributed by atoms with Crippen molar-refractivity contribution in [3.8, 4) is 17.0 Å². The lowest BCUT2D eigenvalue weighted by atomic mass is 10.1. The van der Waals surface area contributed by atoms with Gasteiger partial charge in [0.25, 0.3) is 5.56 Å². The van der Waals surface area contributed by atoms with E-state index in [1.54, 1.807) is 0 Å². The summed E-state index contributed by atoms with van der Waals surface area (Å²) in [6.07, 6.45) is 0.123. The first-order valence-corrected chi connectivity index (χ1v) is 6.10. The molecule has 0 aliphatic carbocycles. The molecule has 0 fully saturated rings. The Bertz CT molecular complexity index is 647. The van der Waals surface area contributed by atoms with Crippen LogP contribution in [0.1, 0.15) is 19.4 Å². The molecule has 0 saturated carbocycles. The highest BCUT2D eigenvalue weighted by atomic mass is 16.5. The Morgan fingerprint density at radius 2 is 2.05 bits per heavy atom. The van der Waals surface area contributed by atoms with E-state index >= 15 is 0 Å². The highest BCUT2D eigenvalue weighted by molar-refractivity contribution is 5.62. The van der Waals surface area contributed by atoms with E-state index in [1.165, 1.54) is 6.07 Å². The fourth-order valence-electron chi connectivity index (χ4n) is 1.82. The molecule has 19 heavy (non-hydrogen) atoms. The Kier molecular flexibility index (Phi) is 3.55. The van der Waals surface area contributed by atoms with Crippen LogP contribution in [0.5, 0.6) is 5.75 Å². The summed E-state index contributed by atoms with van der Waals surface area (Å²) in [4.78, 5) is 17.9. The maximum atomic E-state index is 11.4. The summed E-state index contributed by atoms with van der Waals surface area (Å²) in [7, 11) is 0. The van der Waals surface area contributed by atoms with Gasteiger partial charge in [-0.1, -0.05) is 0 Å². The van der Waals surface area contributed by atoms with Gasteiger partial charge in [0, 0.05) is 11.6 Å². The molecule has 0 radical (unpaired) electrons. The number of rotatable bonds is 3. The van der Waals surface area contributed by atoms with E-state index in [-0.39, 0.29) is 17.6 Å². The van der Waals surface area contributed by atoms with Crippen molar-refractivity contribution in [2.24, 2.45) is 0 Å². The lowest BCUT2D eigenvalue weighted by molar-refractivity contribution is 0.241. The van der Waals surface area contributed by atoms with E-state index in [0.29, 0.717) is 5.69 Å². The van der Waals surface area contributed by atoms with Crippen LogP contribution in [0.4, 0.5) is 5.95 Å². The Morgan fingerprint density at radius 1 is 1.32 bits per heavy atom. The van der Waals surface area contributed by atoms with Gasteiger partial charge in [-0.3, -0.25) is 9.78 Å². The number of ether oxygens (including phenoxy) is 1. The van der Waals surface area contributed by atoms with Crippen molar-refractivity contribution < 1.29 is 4.74 Å². The lowest BCUT2D eigenvalue weighted by Gasteiger charge is -2.13. The monoisotopic (exact) mass is 259 g/mol. The topological polar surface area (TPSA) is 81.0 Å². The zero-order chi connectivity index (χ0) is 14.0. The summed E-state index contributed by atoms with van der Waals surface area (Å²) in [6, 6.07) is 7.10. The smallest absolute Gasteiger partial charge is 0.252 e. The number of aryl methyl sites for hydroxylation is 1. The van der Waals surface area contributed by atoms with E-state index in [4.69, 9.17) is 10.5 Å². The number of benzene rings is 1. The summed E-state index contributed by atoms with van der Waals surface area (Å²) in [5.74, 6) is 0.944. The molecule has 0 bridgehead atoms. The second kappa shape index (κ2) is 5.14. The lowest BCUT2D eigenvalue weighted by Crippen LogP contribution is -2.10. The Hall–Kier alpha value is -2.30. The molecule has 1 heterocycles. The quantitative estimate of drug-likeness (QED) is 0.884. The predicted molar refractivity (Wildman–Crippen MR) is 75.2 cm³/mol. The van der Waals surface area contributed by atoms with Crippen LogP contribution < -0.4 is 16.0 Å². The van der Waals surface area contributed by atoms with Crippen molar-refractivity contribution >= 4 is 5.95 Å². The Morgan fingerprint density at radius 3 is 2.63 bits per heavy atom. The fourth-order valence-corrected chi connectivity index (χ4v) is 1.82. The molecule has 1 aromatic carbocycles. The molecule has 0 amide bonds. The molecule has 2 aromatic rings. The zero-order valence-corrected chi connectivity index (χ0v) is 11.2. The van der Waals surface area contributed by atoms with Gasteiger partial charge in [0.1, 0.15) is 5.75 Å². The van der Waals surface area contributed by atoms with Gasteiger partial charge in [-0.2, -0.15) is 0 Å². The van der Waals surface area contributed by atoms with Gasteiger partial charge in [-0.25, -0.2) is 4.98 Å². The number of aromatic amines is 1. The number of nitrogens with two attached hydrogens (primary N) is 1. The maximum absolute atomic E-state index is 11.4. The van der Waals surface area contributed by atoms with Crippen LogP contribution in [0.3, 0.4) is 0 Å². The minimum atomic E-state index is -0.261. The number of hydrogen-bond donors (Lipinski definition) is 2. The van der Waals surface area contributed by atoms with Crippen LogP contribution in [0.2, 0.25) is 0 Å². The molecule has 0 aliphatic heterocycles.